The van der Waals surface area contributed by atoms with Gasteiger partial charge in [-0.1, -0.05) is 44.2 Å². The van der Waals surface area contributed by atoms with Crippen molar-refractivity contribution in [2.75, 3.05) is 7.05 Å². The highest BCUT2D eigenvalue weighted by atomic mass is 16.5. The van der Waals surface area contributed by atoms with E-state index >= 15 is 0 Å². The van der Waals surface area contributed by atoms with Gasteiger partial charge in [0, 0.05) is 23.5 Å². The van der Waals surface area contributed by atoms with E-state index in [4.69, 9.17) is 4.74 Å². The first kappa shape index (κ1) is 24.4. The van der Waals surface area contributed by atoms with Crippen LogP contribution >= 0.6 is 0 Å². The van der Waals surface area contributed by atoms with E-state index in [9.17, 15) is 4.79 Å². The lowest BCUT2D eigenvalue weighted by atomic mass is 9.86. The van der Waals surface area contributed by atoms with Crippen LogP contribution in [0.15, 0.2) is 36.4 Å². The number of rotatable bonds is 11. The van der Waals surface area contributed by atoms with Gasteiger partial charge in [-0.25, -0.2) is 0 Å². The Labute approximate surface area is 172 Å². The summed E-state index contributed by atoms with van der Waals surface area (Å²) < 4.78 is 5.49. The molecule has 0 aliphatic heterocycles. The summed E-state index contributed by atoms with van der Waals surface area (Å²) in [6.07, 6.45) is 3.23. The third kappa shape index (κ3) is 8.57. The molecule has 0 saturated carbocycles. The fraction of sp³-hybridized carbons (Fsp3) is 0.625. The Morgan fingerprint density at radius 2 is 1.68 bits per heavy atom. The minimum absolute atomic E-state index is 0.0309. The van der Waals surface area contributed by atoms with Crippen molar-refractivity contribution in [3.8, 4) is 0 Å². The van der Waals surface area contributed by atoms with Gasteiger partial charge in [0.15, 0.2) is 0 Å². The molecule has 1 unspecified atom stereocenters. The normalized spacial score (nSPS) is 13.2. The molecule has 1 aromatic carbocycles. The number of ether oxygens (including phenoxy) is 1. The number of aryl methyl sites for hydroxylation is 1. The molecule has 4 nitrogen and oxygen atoms in total. The van der Waals surface area contributed by atoms with Gasteiger partial charge in [0.1, 0.15) is 6.61 Å². The molecule has 0 aliphatic carbocycles. The number of hydrogen-bond donors (Lipinski definition) is 2. The summed E-state index contributed by atoms with van der Waals surface area (Å²) in [7, 11) is 1.93. The summed E-state index contributed by atoms with van der Waals surface area (Å²) in [5.74, 6) is -0.173. The van der Waals surface area contributed by atoms with Gasteiger partial charge in [-0.3, -0.25) is 4.79 Å². The molecule has 0 aliphatic rings. The Hall–Kier alpha value is -1.65. The lowest BCUT2D eigenvalue weighted by molar-refractivity contribution is -0.145. The van der Waals surface area contributed by atoms with Crippen molar-refractivity contribution in [1.82, 2.24) is 10.6 Å². The summed E-state index contributed by atoms with van der Waals surface area (Å²) in [5, 5.41) is 6.90. The summed E-state index contributed by atoms with van der Waals surface area (Å²) in [4.78, 5) is 12.3. The van der Waals surface area contributed by atoms with Crippen LogP contribution in [0, 0.1) is 0 Å². The van der Waals surface area contributed by atoms with E-state index in [-0.39, 0.29) is 23.1 Å². The van der Waals surface area contributed by atoms with E-state index in [1.165, 1.54) is 5.56 Å². The molecule has 0 heterocycles. The summed E-state index contributed by atoms with van der Waals surface area (Å²) in [6.45, 7) is 17.4. The van der Waals surface area contributed by atoms with Crippen molar-refractivity contribution in [1.29, 1.82) is 0 Å². The average Bonchev–Trinajstić information content (AvgIpc) is 2.63. The van der Waals surface area contributed by atoms with Crippen molar-refractivity contribution in [2.45, 2.75) is 91.0 Å². The van der Waals surface area contributed by atoms with Gasteiger partial charge in [0.2, 0.25) is 0 Å². The molecule has 0 amide bonds. The standard InChI is InChI=1S/C24H40N2O2/c1-9-10-19-11-13-20(14-12-19)17-28-22(27)16-15-21(26-23(3,4)5)18(2)24(6,7)25-8/h11-14,21,25-26H,2,9-10,15-17H2,1,3-8H3. The molecule has 0 saturated heterocycles. The Kier molecular flexibility index (Phi) is 9.38. The van der Waals surface area contributed by atoms with Gasteiger partial charge >= 0.3 is 5.97 Å². The highest BCUT2D eigenvalue weighted by molar-refractivity contribution is 5.69. The molecule has 0 spiro atoms. The second-order valence-corrected chi connectivity index (χ2v) is 9.11. The van der Waals surface area contributed by atoms with Crippen molar-refractivity contribution < 1.29 is 9.53 Å². The lowest BCUT2D eigenvalue weighted by Crippen LogP contribution is -2.51. The van der Waals surface area contributed by atoms with E-state index in [1.807, 2.05) is 19.2 Å². The summed E-state index contributed by atoms with van der Waals surface area (Å²) in [6, 6.07) is 8.34. The zero-order valence-corrected chi connectivity index (χ0v) is 18.9. The Morgan fingerprint density at radius 3 is 2.18 bits per heavy atom. The zero-order chi connectivity index (χ0) is 21.4. The van der Waals surface area contributed by atoms with E-state index in [2.05, 4.69) is 70.9 Å². The third-order valence-electron chi connectivity index (χ3n) is 5.05. The first-order valence-electron chi connectivity index (χ1n) is 10.4. The molecule has 2 N–H and O–H groups in total. The van der Waals surface area contributed by atoms with E-state index in [0.717, 1.165) is 24.0 Å². The molecule has 1 aromatic rings. The number of nitrogens with one attached hydrogen (secondary N) is 2. The van der Waals surface area contributed by atoms with Crippen LogP contribution in [-0.2, 0) is 22.6 Å². The van der Waals surface area contributed by atoms with Crippen LogP contribution in [0.25, 0.3) is 0 Å². The molecule has 28 heavy (non-hydrogen) atoms. The van der Waals surface area contributed by atoms with Crippen LogP contribution in [0.5, 0.6) is 0 Å². The van der Waals surface area contributed by atoms with Crippen molar-refractivity contribution >= 4 is 5.97 Å². The molecule has 0 radical (unpaired) electrons. The smallest absolute Gasteiger partial charge is 0.306 e. The minimum Gasteiger partial charge on any atom is -0.461 e. The largest absolute Gasteiger partial charge is 0.461 e. The maximum Gasteiger partial charge on any atom is 0.306 e. The van der Waals surface area contributed by atoms with Crippen molar-refractivity contribution in [3.63, 3.8) is 0 Å². The highest BCUT2D eigenvalue weighted by Gasteiger charge is 2.29. The molecule has 1 rings (SSSR count). The van der Waals surface area contributed by atoms with Gasteiger partial charge < -0.3 is 15.4 Å². The fourth-order valence-corrected chi connectivity index (χ4v) is 3.04. The molecule has 0 bridgehead atoms. The lowest BCUT2D eigenvalue weighted by Gasteiger charge is -2.37. The van der Waals surface area contributed by atoms with E-state index in [1.54, 1.807) is 0 Å². The fourth-order valence-electron chi connectivity index (χ4n) is 3.04. The number of esters is 1. The topological polar surface area (TPSA) is 50.4 Å². The summed E-state index contributed by atoms with van der Waals surface area (Å²) in [5.41, 5.74) is 3.11. The van der Waals surface area contributed by atoms with Crippen LogP contribution in [0.4, 0.5) is 0 Å². The maximum atomic E-state index is 12.3. The van der Waals surface area contributed by atoms with Gasteiger partial charge in [-0.15, -0.1) is 0 Å². The monoisotopic (exact) mass is 388 g/mol. The number of likely N-dealkylation sites (N-methyl/N-ethyl adjacent to an activating group) is 1. The van der Waals surface area contributed by atoms with Crippen LogP contribution < -0.4 is 10.6 Å². The molecule has 4 heteroatoms. The number of carbonyl (C=O) groups excluding carboxylic acids is 1. The number of hydrogen-bond acceptors (Lipinski definition) is 4. The molecule has 1 atom stereocenters. The van der Waals surface area contributed by atoms with Crippen molar-refractivity contribution in [3.05, 3.63) is 47.5 Å². The molecule has 158 valence electrons. The molecular weight excluding hydrogens is 348 g/mol. The zero-order valence-electron chi connectivity index (χ0n) is 18.9. The number of carbonyl (C=O) groups is 1. The number of benzene rings is 1. The molecule has 0 fully saturated rings. The first-order valence-corrected chi connectivity index (χ1v) is 10.4. The van der Waals surface area contributed by atoms with Crippen LogP contribution in [0.2, 0.25) is 0 Å². The predicted molar refractivity (Wildman–Crippen MR) is 118 cm³/mol. The summed E-state index contributed by atoms with van der Waals surface area (Å²) >= 11 is 0. The second kappa shape index (κ2) is 10.8. The quantitative estimate of drug-likeness (QED) is 0.423. The average molecular weight is 389 g/mol. The van der Waals surface area contributed by atoms with Crippen LogP contribution in [0.1, 0.15) is 71.9 Å². The van der Waals surface area contributed by atoms with Gasteiger partial charge in [0.25, 0.3) is 0 Å². The van der Waals surface area contributed by atoms with Crippen molar-refractivity contribution in [2.24, 2.45) is 0 Å². The molecule has 0 aromatic heterocycles. The minimum atomic E-state index is -0.215. The first-order chi connectivity index (χ1) is 13.0. The Balaban J connectivity index is 2.60. The predicted octanol–water partition coefficient (Wildman–Crippen LogP) is 4.77. The van der Waals surface area contributed by atoms with Crippen LogP contribution in [0.3, 0.4) is 0 Å². The second-order valence-electron chi connectivity index (χ2n) is 9.11. The van der Waals surface area contributed by atoms with E-state index < -0.39 is 0 Å². The Bertz CT molecular complexity index is 627. The Morgan fingerprint density at radius 1 is 1.11 bits per heavy atom. The maximum absolute atomic E-state index is 12.3. The van der Waals surface area contributed by atoms with E-state index in [0.29, 0.717) is 19.4 Å². The SMILES string of the molecule is C=C(C(CCC(=O)OCc1ccc(CCC)cc1)NC(C)(C)C)C(C)(C)NC. The van der Waals surface area contributed by atoms with Crippen LogP contribution in [-0.4, -0.2) is 30.1 Å². The third-order valence-corrected chi connectivity index (χ3v) is 5.05. The van der Waals surface area contributed by atoms with Gasteiger partial charge in [0.05, 0.1) is 0 Å². The molecular formula is C24H40N2O2. The van der Waals surface area contributed by atoms with Gasteiger partial charge in [-0.2, -0.15) is 0 Å². The van der Waals surface area contributed by atoms with Gasteiger partial charge in [-0.05, 0) is 71.2 Å². The highest BCUT2D eigenvalue weighted by Crippen LogP contribution is 2.22.